The Morgan fingerprint density at radius 1 is 1.52 bits per heavy atom. The van der Waals surface area contributed by atoms with E-state index in [0.29, 0.717) is 13.0 Å². The van der Waals surface area contributed by atoms with Crippen LogP contribution >= 0.6 is 39.9 Å². The van der Waals surface area contributed by atoms with E-state index in [1.54, 1.807) is 14.1 Å². The molecule has 0 spiro atoms. The fraction of sp³-hybridized carbons (Fsp3) is 0.538. The number of halogens is 2. The van der Waals surface area contributed by atoms with E-state index in [1.165, 1.54) is 5.69 Å². The van der Waals surface area contributed by atoms with Crippen molar-refractivity contribution >= 4 is 51.8 Å². The molecule has 0 saturated heterocycles. The maximum absolute atomic E-state index is 11.2. The fourth-order valence-electron chi connectivity index (χ4n) is 1.84. The standard InChI is InChI=1S/C13H22BrN5O.HI/c1-15-12(20)5-6-17-13(16-2)19(4)9-11-7-10(14)8-18(11)3;/h7-8H,5-6,9H2,1-4H3,(H,15,20)(H,16,17);1H. The number of nitrogens with zero attached hydrogens (tertiary/aromatic N) is 3. The number of carbonyl (C=O) groups is 1. The molecule has 0 aliphatic heterocycles. The van der Waals surface area contributed by atoms with Crippen LogP contribution in [0, 0.1) is 0 Å². The third-order valence-corrected chi connectivity index (χ3v) is 3.39. The first kappa shape index (κ1) is 20.2. The monoisotopic (exact) mass is 471 g/mol. The molecular weight excluding hydrogens is 449 g/mol. The maximum Gasteiger partial charge on any atom is 0.221 e. The predicted octanol–water partition coefficient (Wildman–Crippen LogP) is 1.55. The highest BCUT2D eigenvalue weighted by molar-refractivity contribution is 14.0. The van der Waals surface area contributed by atoms with E-state index in [1.807, 2.05) is 25.2 Å². The third-order valence-electron chi connectivity index (χ3n) is 2.96. The van der Waals surface area contributed by atoms with Gasteiger partial charge in [-0.15, -0.1) is 24.0 Å². The molecule has 0 aromatic carbocycles. The number of hydrogen-bond donors (Lipinski definition) is 2. The Hall–Kier alpha value is -0.770. The van der Waals surface area contributed by atoms with Gasteiger partial charge in [-0.3, -0.25) is 9.79 Å². The van der Waals surface area contributed by atoms with E-state index in [2.05, 4.69) is 42.2 Å². The zero-order chi connectivity index (χ0) is 15.1. The minimum absolute atomic E-state index is 0. The molecule has 1 heterocycles. The van der Waals surface area contributed by atoms with Gasteiger partial charge in [0.15, 0.2) is 5.96 Å². The highest BCUT2D eigenvalue weighted by atomic mass is 127. The van der Waals surface area contributed by atoms with Gasteiger partial charge in [0.05, 0.1) is 6.54 Å². The maximum atomic E-state index is 11.2. The summed E-state index contributed by atoms with van der Waals surface area (Å²) in [6.45, 7) is 1.30. The zero-order valence-corrected chi connectivity index (χ0v) is 16.7. The Kier molecular flexibility index (Phi) is 9.67. The number of carbonyl (C=O) groups excluding carboxylic acids is 1. The minimum atomic E-state index is 0. The SMILES string of the molecule is CN=C(NCCC(=O)NC)N(C)Cc1cc(Br)cn1C.I. The van der Waals surface area contributed by atoms with Crippen molar-refractivity contribution in [3.05, 3.63) is 22.4 Å². The van der Waals surface area contributed by atoms with Crippen LogP contribution in [0.4, 0.5) is 0 Å². The molecule has 0 atom stereocenters. The molecule has 0 bridgehead atoms. The van der Waals surface area contributed by atoms with Gasteiger partial charge >= 0.3 is 0 Å². The van der Waals surface area contributed by atoms with E-state index in [0.717, 1.165) is 17.0 Å². The molecule has 1 amide bonds. The first-order valence-electron chi connectivity index (χ1n) is 6.41. The van der Waals surface area contributed by atoms with E-state index in [4.69, 9.17) is 0 Å². The van der Waals surface area contributed by atoms with Crippen LogP contribution in [0.3, 0.4) is 0 Å². The van der Waals surface area contributed by atoms with Gasteiger partial charge in [-0.1, -0.05) is 0 Å². The molecule has 0 aliphatic rings. The normalized spacial score (nSPS) is 10.8. The Morgan fingerprint density at radius 3 is 2.67 bits per heavy atom. The van der Waals surface area contributed by atoms with Crippen LogP contribution in [0.15, 0.2) is 21.7 Å². The summed E-state index contributed by atoms with van der Waals surface area (Å²) in [6, 6.07) is 2.08. The summed E-state index contributed by atoms with van der Waals surface area (Å²) in [6.07, 6.45) is 2.45. The summed E-state index contributed by atoms with van der Waals surface area (Å²) < 4.78 is 3.13. The first-order valence-corrected chi connectivity index (χ1v) is 7.20. The van der Waals surface area contributed by atoms with Gasteiger partial charge in [-0.05, 0) is 22.0 Å². The van der Waals surface area contributed by atoms with Crippen molar-refractivity contribution < 1.29 is 4.79 Å². The average molecular weight is 472 g/mol. The number of aryl methyl sites for hydroxylation is 1. The largest absolute Gasteiger partial charge is 0.359 e. The van der Waals surface area contributed by atoms with Gasteiger partial charge in [0.2, 0.25) is 5.91 Å². The highest BCUT2D eigenvalue weighted by Gasteiger charge is 2.09. The van der Waals surface area contributed by atoms with Gasteiger partial charge in [-0.25, -0.2) is 0 Å². The van der Waals surface area contributed by atoms with Crippen molar-refractivity contribution in [1.29, 1.82) is 0 Å². The van der Waals surface area contributed by atoms with Crippen LogP contribution in [-0.2, 0) is 18.4 Å². The molecule has 1 rings (SSSR count). The summed E-state index contributed by atoms with van der Waals surface area (Å²) in [7, 11) is 7.35. The van der Waals surface area contributed by atoms with Crippen LogP contribution in [0.5, 0.6) is 0 Å². The molecule has 0 saturated carbocycles. The van der Waals surface area contributed by atoms with Gasteiger partial charge in [0, 0.05) is 57.5 Å². The summed E-state index contributed by atoms with van der Waals surface area (Å²) in [4.78, 5) is 17.4. The predicted molar refractivity (Wildman–Crippen MR) is 100 cm³/mol. The van der Waals surface area contributed by atoms with Crippen LogP contribution in [0.2, 0.25) is 0 Å². The quantitative estimate of drug-likeness (QED) is 0.389. The number of aliphatic imine (C=N–C) groups is 1. The van der Waals surface area contributed by atoms with Gasteiger partial charge < -0.3 is 20.1 Å². The molecule has 0 aliphatic carbocycles. The Labute approximate surface area is 151 Å². The van der Waals surface area contributed by atoms with Crippen LogP contribution < -0.4 is 10.6 Å². The number of rotatable bonds is 5. The summed E-state index contributed by atoms with van der Waals surface area (Å²) in [5, 5.41) is 5.77. The minimum Gasteiger partial charge on any atom is -0.359 e. The molecule has 6 nitrogen and oxygen atoms in total. The number of hydrogen-bond acceptors (Lipinski definition) is 2. The lowest BCUT2D eigenvalue weighted by atomic mass is 10.4. The van der Waals surface area contributed by atoms with Gasteiger partial charge in [0.1, 0.15) is 0 Å². The van der Waals surface area contributed by atoms with Crippen molar-refractivity contribution in [2.75, 3.05) is 27.7 Å². The van der Waals surface area contributed by atoms with Crippen molar-refractivity contribution in [3.63, 3.8) is 0 Å². The second kappa shape index (κ2) is 10.0. The summed E-state index contributed by atoms with van der Waals surface area (Å²) in [5.74, 6) is 0.785. The Balaban J connectivity index is 0.00000400. The average Bonchev–Trinajstić information content (AvgIpc) is 2.72. The Morgan fingerprint density at radius 2 is 2.19 bits per heavy atom. The second-order valence-electron chi connectivity index (χ2n) is 4.51. The molecule has 21 heavy (non-hydrogen) atoms. The van der Waals surface area contributed by atoms with E-state index < -0.39 is 0 Å². The number of nitrogens with one attached hydrogen (secondary N) is 2. The third kappa shape index (κ3) is 6.68. The lowest BCUT2D eigenvalue weighted by molar-refractivity contribution is -0.120. The van der Waals surface area contributed by atoms with Crippen molar-refractivity contribution in [1.82, 2.24) is 20.1 Å². The van der Waals surface area contributed by atoms with E-state index >= 15 is 0 Å². The number of guanidine groups is 1. The molecule has 1 aromatic heterocycles. The fourth-order valence-corrected chi connectivity index (χ4v) is 2.41. The van der Waals surface area contributed by atoms with Crippen LogP contribution in [0.25, 0.3) is 0 Å². The number of amides is 1. The van der Waals surface area contributed by atoms with Crippen molar-refractivity contribution in [2.45, 2.75) is 13.0 Å². The van der Waals surface area contributed by atoms with Gasteiger partial charge in [0.25, 0.3) is 0 Å². The Bertz CT molecular complexity index is 489. The second-order valence-corrected chi connectivity index (χ2v) is 5.43. The molecule has 8 heteroatoms. The molecular formula is C13H23BrIN5O. The van der Waals surface area contributed by atoms with Crippen LogP contribution in [0.1, 0.15) is 12.1 Å². The van der Waals surface area contributed by atoms with Crippen LogP contribution in [-0.4, -0.2) is 49.0 Å². The molecule has 1 aromatic rings. The molecule has 0 radical (unpaired) electrons. The summed E-state index contributed by atoms with van der Waals surface area (Å²) in [5.41, 5.74) is 1.17. The lowest BCUT2D eigenvalue weighted by Crippen LogP contribution is -2.40. The lowest BCUT2D eigenvalue weighted by Gasteiger charge is -2.22. The molecule has 2 N–H and O–H groups in total. The molecule has 0 unspecified atom stereocenters. The number of aromatic nitrogens is 1. The smallest absolute Gasteiger partial charge is 0.221 e. The highest BCUT2D eigenvalue weighted by Crippen LogP contribution is 2.14. The van der Waals surface area contributed by atoms with E-state index in [9.17, 15) is 4.79 Å². The molecule has 120 valence electrons. The zero-order valence-electron chi connectivity index (χ0n) is 12.8. The van der Waals surface area contributed by atoms with Crippen molar-refractivity contribution in [2.24, 2.45) is 12.0 Å². The van der Waals surface area contributed by atoms with Gasteiger partial charge in [-0.2, -0.15) is 0 Å². The summed E-state index contributed by atoms with van der Waals surface area (Å²) >= 11 is 3.46. The first-order chi connectivity index (χ1) is 9.47. The van der Waals surface area contributed by atoms with E-state index in [-0.39, 0.29) is 29.9 Å². The topological polar surface area (TPSA) is 61.7 Å². The van der Waals surface area contributed by atoms with Crippen molar-refractivity contribution in [3.8, 4) is 0 Å². The molecule has 0 fully saturated rings.